The second-order valence-electron chi connectivity index (χ2n) is 5.84. The fraction of sp³-hybridized carbons (Fsp3) is 0.571. The summed E-state index contributed by atoms with van der Waals surface area (Å²) in [7, 11) is 0. The lowest BCUT2D eigenvalue weighted by molar-refractivity contribution is -0.137. The minimum absolute atomic E-state index is 0.0657. The van der Waals surface area contributed by atoms with E-state index >= 15 is 0 Å². The van der Waals surface area contributed by atoms with E-state index in [1.54, 1.807) is 0 Å². The third-order valence-electron chi connectivity index (χ3n) is 3.28. The lowest BCUT2D eigenvalue weighted by atomic mass is 9.99. The van der Waals surface area contributed by atoms with Crippen molar-refractivity contribution in [2.24, 2.45) is 0 Å². The molecular formula is C14H18F3NO. The first-order valence-corrected chi connectivity index (χ1v) is 6.25. The Morgan fingerprint density at radius 2 is 1.58 bits per heavy atom. The van der Waals surface area contributed by atoms with Crippen molar-refractivity contribution in [2.45, 2.75) is 38.6 Å². The molecule has 0 aliphatic carbocycles. The number of hydrogen-bond donors (Lipinski definition) is 0. The molecular weight excluding hydrogens is 255 g/mol. The van der Waals surface area contributed by atoms with Gasteiger partial charge in [0.05, 0.1) is 5.56 Å². The fourth-order valence-corrected chi connectivity index (χ4v) is 1.98. The van der Waals surface area contributed by atoms with Gasteiger partial charge < -0.3 is 4.74 Å². The van der Waals surface area contributed by atoms with E-state index in [0.29, 0.717) is 5.75 Å². The van der Waals surface area contributed by atoms with Crippen molar-refractivity contribution in [3.8, 4) is 5.75 Å². The number of benzene rings is 1. The molecule has 0 aromatic heterocycles. The van der Waals surface area contributed by atoms with Gasteiger partial charge in [0, 0.05) is 18.6 Å². The van der Waals surface area contributed by atoms with Gasteiger partial charge in [-0.15, -0.1) is 0 Å². The molecule has 0 unspecified atom stereocenters. The van der Waals surface area contributed by atoms with Crippen LogP contribution < -0.4 is 4.74 Å². The van der Waals surface area contributed by atoms with E-state index < -0.39 is 11.7 Å². The van der Waals surface area contributed by atoms with E-state index in [1.165, 1.54) is 12.1 Å². The second-order valence-corrected chi connectivity index (χ2v) is 5.84. The van der Waals surface area contributed by atoms with E-state index in [-0.39, 0.29) is 11.6 Å². The van der Waals surface area contributed by atoms with Gasteiger partial charge in [-0.1, -0.05) is 0 Å². The Labute approximate surface area is 111 Å². The highest BCUT2D eigenvalue weighted by Gasteiger charge is 2.36. The molecule has 2 nitrogen and oxygen atoms in total. The molecule has 1 aromatic rings. The number of likely N-dealkylation sites (tertiary alicyclic amines) is 1. The zero-order valence-corrected chi connectivity index (χ0v) is 11.3. The summed E-state index contributed by atoms with van der Waals surface area (Å²) in [6, 6.07) is 4.86. The maximum Gasteiger partial charge on any atom is 0.416 e. The molecule has 1 heterocycles. The van der Waals surface area contributed by atoms with Crippen LogP contribution in [0.1, 0.15) is 26.3 Å². The summed E-state index contributed by atoms with van der Waals surface area (Å²) in [6.07, 6.45) is -4.23. The minimum Gasteiger partial charge on any atom is -0.488 e. The predicted molar refractivity (Wildman–Crippen MR) is 67.2 cm³/mol. The van der Waals surface area contributed by atoms with Crippen LogP contribution >= 0.6 is 0 Å². The molecule has 0 N–H and O–H groups in total. The standard InChI is InChI=1S/C14H18F3NO/c1-13(2,3)18-8-12(9-18)19-11-6-4-10(5-7-11)14(15,16)17/h4-7,12H,8-9H2,1-3H3. The normalized spacial score (nSPS) is 18.2. The Kier molecular flexibility index (Phi) is 3.51. The Bertz CT molecular complexity index is 427. The SMILES string of the molecule is CC(C)(C)N1CC(Oc2ccc(C(F)(F)F)cc2)C1. The van der Waals surface area contributed by atoms with Crippen LogP contribution in [0.2, 0.25) is 0 Å². The summed E-state index contributed by atoms with van der Waals surface area (Å²) in [5.41, 5.74) is -0.537. The minimum atomic E-state index is -4.29. The van der Waals surface area contributed by atoms with Gasteiger partial charge in [0.25, 0.3) is 0 Å². The first kappa shape index (κ1) is 14.2. The largest absolute Gasteiger partial charge is 0.488 e. The number of ether oxygens (including phenoxy) is 1. The van der Waals surface area contributed by atoms with Crippen molar-refractivity contribution in [1.82, 2.24) is 4.90 Å². The predicted octanol–water partition coefficient (Wildman–Crippen LogP) is 3.57. The van der Waals surface area contributed by atoms with Crippen molar-refractivity contribution in [3.63, 3.8) is 0 Å². The van der Waals surface area contributed by atoms with Crippen LogP contribution in [-0.2, 0) is 6.18 Å². The molecule has 106 valence electrons. The topological polar surface area (TPSA) is 12.5 Å². The van der Waals surface area contributed by atoms with Gasteiger partial charge in [0.2, 0.25) is 0 Å². The van der Waals surface area contributed by atoms with Crippen LogP contribution in [-0.4, -0.2) is 29.6 Å². The molecule has 0 spiro atoms. The second kappa shape index (κ2) is 4.71. The Morgan fingerprint density at radius 1 is 1.05 bits per heavy atom. The number of nitrogens with zero attached hydrogens (tertiary/aromatic N) is 1. The van der Waals surface area contributed by atoms with Gasteiger partial charge in [-0.3, -0.25) is 4.90 Å². The molecule has 1 aliphatic rings. The summed E-state index contributed by atoms with van der Waals surface area (Å²) in [6.45, 7) is 8.00. The summed E-state index contributed by atoms with van der Waals surface area (Å²) in [5, 5.41) is 0. The van der Waals surface area contributed by atoms with Crippen LogP contribution in [0.15, 0.2) is 24.3 Å². The van der Waals surface area contributed by atoms with Crippen molar-refractivity contribution in [1.29, 1.82) is 0 Å². The third kappa shape index (κ3) is 3.41. The molecule has 1 saturated heterocycles. The van der Waals surface area contributed by atoms with Gasteiger partial charge in [-0.05, 0) is 45.0 Å². The Hall–Kier alpha value is -1.23. The van der Waals surface area contributed by atoms with Crippen molar-refractivity contribution >= 4 is 0 Å². The van der Waals surface area contributed by atoms with Crippen LogP contribution in [0.25, 0.3) is 0 Å². The van der Waals surface area contributed by atoms with Crippen molar-refractivity contribution in [3.05, 3.63) is 29.8 Å². The zero-order valence-electron chi connectivity index (χ0n) is 11.3. The number of rotatable bonds is 2. The van der Waals surface area contributed by atoms with Crippen LogP contribution in [0.5, 0.6) is 5.75 Å². The Morgan fingerprint density at radius 3 is 2.00 bits per heavy atom. The molecule has 0 radical (unpaired) electrons. The van der Waals surface area contributed by atoms with E-state index in [1.807, 2.05) is 0 Å². The molecule has 1 fully saturated rings. The van der Waals surface area contributed by atoms with Gasteiger partial charge in [0.1, 0.15) is 11.9 Å². The first-order chi connectivity index (χ1) is 8.66. The molecule has 1 aliphatic heterocycles. The highest BCUT2D eigenvalue weighted by atomic mass is 19.4. The van der Waals surface area contributed by atoms with Gasteiger partial charge in [0.15, 0.2) is 0 Å². The highest BCUT2D eigenvalue weighted by Crippen LogP contribution is 2.31. The molecule has 0 atom stereocenters. The number of alkyl halides is 3. The number of hydrogen-bond acceptors (Lipinski definition) is 2. The molecule has 19 heavy (non-hydrogen) atoms. The smallest absolute Gasteiger partial charge is 0.416 e. The lowest BCUT2D eigenvalue weighted by Crippen LogP contribution is -2.60. The average molecular weight is 273 g/mol. The molecule has 0 saturated carbocycles. The van der Waals surface area contributed by atoms with Gasteiger partial charge >= 0.3 is 6.18 Å². The molecule has 5 heteroatoms. The van der Waals surface area contributed by atoms with Crippen LogP contribution in [0.3, 0.4) is 0 Å². The summed E-state index contributed by atoms with van der Waals surface area (Å²) < 4.78 is 42.8. The number of halogens is 3. The highest BCUT2D eigenvalue weighted by molar-refractivity contribution is 5.29. The van der Waals surface area contributed by atoms with Crippen LogP contribution in [0, 0.1) is 0 Å². The van der Waals surface area contributed by atoms with Crippen LogP contribution in [0.4, 0.5) is 13.2 Å². The van der Waals surface area contributed by atoms with E-state index in [2.05, 4.69) is 25.7 Å². The lowest BCUT2D eigenvalue weighted by Gasteiger charge is -2.47. The van der Waals surface area contributed by atoms with E-state index in [9.17, 15) is 13.2 Å². The summed E-state index contributed by atoms with van der Waals surface area (Å²) in [5.74, 6) is 0.492. The average Bonchev–Trinajstić information content (AvgIpc) is 2.20. The maximum atomic E-state index is 12.4. The first-order valence-electron chi connectivity index (χ1n) is 6.25. The van der Waals surface area contributed by atoms with E-state index in [0.717, 1.165) is 25.2 Å². The fourth-order valence-electron chi connectivity index (χ4n) is 1.98. The monoisotopic (exact) mass is 273 g/mol. The molecule has 0 amide bonds. The summed E-state index contributed by atoms with van der Waals surface area (Å²) in [4.78, 5) is 2.27. The maximum absolute atomic E-state index is 12.4. The van der Waals surface area contributed by atoms with Gasteiger partial charge in [-0.25, -0.2) is 0 Å². The molecule has 1 aromatic carbocycles. The Balaban J connectivity index is 1.89. The molecule has 0 bridgehead atoms. The van der Waals surface area contributed by atoms with Crippen molar-refractivity contribution in [2.75, 3.05) is 13.1 Å². The van der Waals surface area contributed by atoms with Crippen molar-refractivity contribution < 1.29 is 17.9 Å². The third-order valence-corrected chi connectivity index (χ3v) is 3.28. The quantitative estimate of drug-likeness (QED) is 0.816. The zero-order chi connectivity index (χ0) is 14.3. The molecule has 2 rings (SSSR count). The van der Waals surface area contributed by atoms with Gasteiger partial charge in [-0.2, -0.15) is 13.2 Å². The van der Waals surface area contributed by atoms with E-state index in [4.69, 9.17) is 4.74 Å². The summed E-state index contributed by atoms with van der Waals surface area (Å²) >= 11 is 0.